The zero-order valence-electron chi connectivity index (χ0n) is 15.3. The summed E-state index contributed by atoms with van der Waals surface area (Å²) in [5.74, 6) is -0.228. The van der Waals surface area contributed by atoms with Crippen LogP contribution in [0.15, 0.2) is 29.6 Å². The van der Waals surface area contributed by atoms with Crippen LogP contribution in [0.1, 0.15) is 35.3 Å². The van der Waals surface area contributed by atoms with Gasteiger partial charge < -0.3 is 4.90 Å². The third kappa shape index (κ3) is 4.36. The highest BCUT2D eigenvalue weighted by atomic mass is 35.5. The lowest BCUT2D eigenvalue weighted by atomic mass is 9.99. The Morgan fingerprint density at radius 2 is 2.04 bits per heavy atom. The predicted molar refractivity (Wildman–Crippen MR) is 108 cm³/mol. The lowest BCUT2D eigenvalue weighted by molar-refractivity contribution is -0.132. The molecule has 6 heteroatoms. The molecule has 2 aromatic rings. The smallest absolute Gasteiger partial charge is 0.222 e. The molecule has 1 aromatic heterocycles. The van der Waals surface area contributed by atoms with Gasteiger partial charge >= 0.3 is 0 Å². The number of fused-ring (bicyclic) bond motifs is 1. The maximum atomic E-state index is 13.2. The third-order valence-electron chi connectivity index (χ3n) is 5.78. The topological polar surface area (TPSA) is 23.6 Å². The van der Waals surface area contributed by atoms with E-state index in [9.17, 15) is 9.18 Å². The molecule has 0 atom stereocenters. The molecule has 3 nitrogen and oxygen atoms in total. The van der Waals surface area contributed by atoms with E-state index in [0.29, 0.717) is 18.9 Å². The molecular weight excluding hydrogens is 383 g/mol. The number of rotatable bonds is 4. The van der Waals surface area contributed by atoms with Crippen LogP contribution in [0, 0.1) is 5.82 Å². The van der Waals surface area contributed by atoms with Gasteiger partial charge in [-0.3, -0.25) is 9.69 Å². The second-order valence-electron chi connectivity index (χ2n) is 7.45. The number of halogens is 2. The summed E-state index contributed by atoms with van der Waals surface area (Å²) in [5.41, 5.74) is 2.40. The van der Waals surface area contributed by atoms with Gasteiger partial charge in [0, 0.05) is 43.5 Å². The van der Waals surface area contributed by atoms with Gasteiger partial charge in [-0.15, -0.1) is 11.3 Å². The van der Waals surface area contributed by atoms with Crippen molar-refractivity contribution in [3.63, 3.8) is 0 Å². The highest BCUT2D eigenvalue weighted by Gasteiger charge is 2.29. The quantitative estimate of drug-likeness (QED) is 0.745. The Morgan fingerprint density at radius 1 is 1.22 bits per heavy atom. The molecule has 2 aliphatic heterocycles. The van der Waals surface area contributed by atoms with Gasteiger partial charge in [-0.25, -0.2) is 4.39 Å². The second kappa shape index (κ2) is 8.29. The molecule has 0 aliphatic carbocycles. The number of aryl methyl sites for hydroxylation is 1. The van der Waals surface area contributed by atoms with Gasteiger partial charge in [0.1, 0.15) is 5.82 Å². The van der Waals surface area contributed by atoms with Gasteiger partial charge in [0.25, 0.3) is 0 Å². The minimum Gasteiger partial charge on any atom is -0.343 e. The van der Waals surface area contributed by atoms with E-state index < -0.39 is 5.82 Å². The fourth-order valence-electron chi connectivity index (χ4n) is 4.17. The Kier molecular flexibility index (Phi) is 5.81. The van der Waals surface area contributed by atoms with Gasteiger partial charge in [0.2, 0.25) is 5.91 Å². The summed E-state index contributed by atoms with van der Waals surface area (Å²) in [6.45, 7) is 3.86. The van der Waals surface area contributed by atoms with E-state index in [1.54, 1.807) is 17.0 Å². The van der Waals surface area contributed by atoms with E-state index in [1.807, 2.05) is 16.2 Å². The molecule has 0 spiro atoms. The zero-order chi connectivity index (χ0) is 18.8. The van der Waals surface area contributed by atoms with Crippen molar-refractivity contribution in [2.45, 2.75) is 44.7 Å². The highest BCUT2D eigenvalue weighted by Crippen LogP contribution is 2.28. The molecule has 144 valence electrons. The minimum atomic E-state index is -0.416. The van der Waals surface area contributed by atoms with Crippen LogP contribution in [-0.2, 0) is 24.2 Å². The predicted octanol–water partition coefficient (Wildman–Crippen LogP) is 4.52. The highest BCUT2D eigenvalue weighted by molar-refractivity contribution is 7.10. The molecule has 2 aliphatic rings. The number of carbonyl (C=O) groups is 1. The third-order valence-corrected chi connectivity index (χ3v) is 7.09. The number of benzene rings is 1. The van der Waals surface area contributed by atoms with Crippen LogP contribution < -0.4 is 0 Å². The van der Waals surface area contributed by atoms with E-state index in [4.69, 9.17) is 11.6 Å². The average Bonchev–Trinajstić information content (AvgIpc) is 3.16. The van der Waals surface area contributed by atoms with Crippen molar-refractivity contribution in [2.75, 3.05) is 19.6 Å². The van der Waals surface area contributed by atoms with Crippen molar-refractivity contribution in [1.82, 2.24) is 9.80 Å². The van der Waals surface area contributed by atoms with E-state index >= 15 is 0 Å². The van der Waals surface area contributed by atoms with Crippen molar-refractivity contribution in [3.05, 3.63) is 56.5 Å². The fourth-order valence-corrected chi connectivity index (χ4v) is 5.26. The molecule has 0 bridgehead atoms. The van der Waals surface area contributed by atoms with E-state index in [0.717, 1.165) is 51.0 Å². The van der Waals surface area contributed by atoms with Gasteiger partial charge in [-0.2, -0.15) is 0 Å². The number of piperidine rings is 1. The number of hydrogen-bond acceptors (Lipinski definition) is 3. The molecular formula is C21H24ClFN2OS. The Labute approximate surface area is 168 Å². The summed E-state index contributed by atoms with van der Waals surface area (Å²) in [4.78, 5) is 18.7. The lowest BCUT2D eigenvalue weighted by Crippen LogP contribution is -2.47. The van der Waals surface area contributed by atoms with Crippen LogP contribution >= 0.6 is 22.9 Å². The molecule has 0 saturated carbocycles. The molecule has 4 rings (SSSR count). The van der Waals surface area contributed by atoms with Gasteiger partial charge in [-0.05, 0) is 60.4 Å². The van der Waals surface area contributed by atoms with Crippen molar-refractivity contribution in [3.8, 4) is 0 Å². The monoisotopic (exact) mass is 406 g/mol. The van der Waals surface area contributed by atoms with Crippen LogP contribution in [0.5, 0.6) is 0 Å². The van der Waals surface area contributed by atoms with E-state index in [-0.39, 0.29) is 10.9 Å². The first kappa shape index (κ1) is 18.9. The van der Waals surface area contributed by atoms with Crippen LogP contribution in [-0.4, -0.2) is 41.4 Å². The molecule has 1 saturated heterocycles. The summed E-state index contributed by atoms with van der Waals surface area (Å²) in [6.07, 6.45) is 4.31. The summed E-state index contributed by atoms with van der Waals surface area (Å²) in [6, 6.07) is 7.52. The van der Waals surface area contributed by atoms with Gasteiger partial charge in [0.05, 0.1) is 5.02 Å². The Balaban J connectivity index is 1.25. The number of likely N-dealkylation sites (tertiary alicyclic amines) is 1. The number of hydrogen-bond donors (Lipinski definition) is 0. The second-order valence-corrected chi connectivity index (χ2v) is 8.86. The largest absolute Gasteiger partial charge is 0.343 e. The standard InChI is InChI=1S/C21H24ClFN2OS/c22-18-13-15(1-3-19(18)23)2-4-21(26)24-9-5-17(6-10-24)25-11-7-20-16(14-25)8-12-27-20/h1,3,8,12-13,17H,2,4-7,9-11,14H2. The van der Waals surface area contributed by atoms with E-state index in [1.165, 1.54) is 11.6 Å². The maximum Gasteiger partial charge on any atom is 0.222 e. The summed E-state index contributed by atoms with van der Waals surface area (Å²) in [7, 11) is 0. The van der Waals surface area contributed by atoms with Gasteiger partial charge in [-0.1, -0.05) is 17.7 Å². The molecule has 3 heterocycles. The summed E-state index contributed by atoms with van der Waals surface area (Å²) >= 11 is 7.69. The Bertz CT molecular complexity index is 816. The van der Waals surface area contributed by atoms with Crippen molar-refractivity contribution < 1.29 is 9.18 Å². The van der Waals surface area contributed by atoms with Crippen LogP contribution in [0.3, 0.4) is 0 Å². The minimum absolute atomic E-state index is 0.121. The molecule has 0 N–H and O–H groups in total. The molecule has 1 fully saturated rings. The number of thiophene rings is 1. The SMILES string of the molecule is O=C(CCc1ccc(F)c(Cl)c1)N1CCC(N2CCc3sccc3C2)CC1. The van der Waals surface area contributed by atoms with Crippen molar-refractivity contribution in [2.24, 2.45) is 0 Å². The van der Waals surface area contributed by atoms with Crippen LogP contribution in [0.4, 0.5) is 4.39 Å². The zero-order valence-corrected chi connectivity index (χ0v) is 16.9. The molecule has 0 unspecified atom stereocenters. The Hall–Kier alpha value is -1.43. The fraction of sp³-hybridized carbons (Fsp3) is 0.476. The first-order valence-corrected chi connectivity index (χ1v) is 10.9. The first-order chi connectivity index (χ1) is 13.1. The van der Waals surface area contributed by atoms with Gasteiger partial charge in [0.15, 0.2) is 0 Å². The first-order valence-electron chi connectivity index (χ1n) is 9.61. The Morgan fingerprint density at radius 3 is 2.81 bits per heavy atom. The van der Waals surface area contributed by atoms with Crippen LogP contribution in [0.25, 0.3) is 0 Å². The molecule has 27 heavy (non-hydrogen) atoms. The maximum absolute atomic E-state index is 13.2. The lowest BCUT2D eigenvalue weighted by Gasteiger charge is -2.40. The summed E-state index contributed by atoms with van der Waals surface area (Å²) < 4.78 is 13.2. The average molecular weight is 407 g/mol. The number of carbonyl (C=O) groups excluding carboxylic acids is 1. The number of nitrogens with zero attached hydrogens (tertiary/aromatic N) is 2. The van der Waals surface area contributed by atoms with Crippen molar-refractivity contribution in [1.29, 1.82) is 0 Å². The summed E-state index contributed by atoms with van der Waals surface area (Å²) in [5, 5.41) is 2.32. The van der Waals surface area contributed by atoms with Crippen molar-refractivity contribution >= 4 is 28.8 Å². The molecule has 1 amide bonds. The normalized spacial score (nSPS) is 18.5. The molecule has 0 radical (unpaired) electrons. The molecule has 1 aromatic carbocycles. The van der Waals surface area contributed by atoms with Crippen LogP contribution in [0.2, 0.25) is 5.02 Å². The van der Waals surface area contributed by atoms with E-state index in [2.05, 4.69) is 16.3 Å². The number of amides is 1.